The van der Waals surface area contributed by atoms with Crippen molar-refractivity contribution < 1.29 is 23.7 Å². The van der Waals surface area contributed by atoms with Crippen LogP contribution in [0.3, 0.4) is 0 Å². The van der Waals surface area contributed by atoms with Gasteiger partial charge in [-0.1, -0.05) is 12.5 Å². The number of hydrogen-bond donors (Lipinski definition) is 0. The fraction of sp³-hybridized carbons (Fsp3) is 0.824. The molecule has 0 spiro atoms. The Morgan fingerprint density at radius 2 is 2.00 bits per heavy atom. The summed E-state index contributed by atoms with van der Waals surface area (Å²) in [7, 11) is 0. The van der Waals surface area contributed by atoms with Crippen molar-refractivity contribution >= 4 is 0 Å². The van der Waals surface area contributed by atoms with Crippen molar-refractivity contribution in [2.75, 3.05) is 19.8 Å². The summed E-state index contributed by atoms with van der Waals surface area (Å²) in [6.45, 7) is 8.95. The Labute approximate surface area is 138 Å². The normalized spacial score (nSPS) is 31.7. The first kappa shape index (κ1) is 18.4. The Bertz CT molecular complexity index is 420. The van der Waals surface area contributed by atoms with E-state index in [1.54, 1.807) is 6.08 Å². The van der Waals surface area contributed by atoms with E-state index in [0.717, 1.165) is 19.3 Å². The summed E-state index contributed by atoms with van der Waals surface area (Å²) >= 11 is 0. The van der Waals surface area contributed by atoms with Crippen LogP contribution in [0.4, 0.5) is 0 Å². The molecule has 2 fully saturated rings. The van der Waals surface area contributed by atoms with Crippen molar-refractivity contribution in [3.8, 4) is 6.07 Å². The highest BCUT2D eigenvalue weighted by Crippen LogP contribution is 2.39. The average Bonchev–Trinajstić information content (AvgIpc) is 2.98. The van der Waals surface area contributed by atoms with Gasteiger partial charge in [0.25, 0.3) is 0 Å². The molecule has 2 aliphatic heterocycles. The average molecular weight is 325 g/mol. The zero-order chi connectivity index (χ0) is 16.7. The molecule has 2 rings (SSSR count). The maximum absolute atomic E-state index is 8.49. The van der Waals surface area contributed by atoms with E-state index in [1.807, 2.05) is 13.8 Å². The fourth-order valence-corrected chi connectivity index (χ4v) is 2.86. The van der Waals surface area contributed by atoms with Gasteiger partial charge >= 0.3 is 0 Å². The van der Waals surface area contributed by atoms with Crippen molar-refractivity contribution in [2.45, 2.75) is 69.9 Å². The van der Waals surface area contributed by atoms with Crippen LogP contribution in [0.25, 0.3) is 0 Å². The molecule has 2 aliphatic rings. The third kappa shape index (κ3) is 5.27. The third-order valence-corrected chi connectivity index (χ3v) is 3.84. The number of nitrogens with zero attached hydrogens (tertiary/aromatic N) is 1. The van der Waals surface area contributed by atoms with Gasteiger partial charge in [0.05, 0.1) is 19.3 Å². The molecule has 2 heterocycles. The predicted molar refractivity (Wildman–Crippen MR) is 83.5 cm³/mol. The van der Waals surface area contributed by atoms with E-state index in [9.17, 15) is 0 Å². The van der Waals surface area contributed by atoms with Crippen LogP contribution in [0.15, 0.2) is 12.7 Å². The molecule has 6 heteroatoms. The molecule has 0 aromatic carbocycles. The lowest BCUT2D eigenvalue weighted by Gasteiger charge is -2.24. The first-order valence-electron chi connectivity index (χ1n) is 8.25. The predicted octanol–water partition coefficient (Wildman–Crippen LogP) is 2.53. The molecule has 0 amide bonds. The van der Waals surface area contributed by atoms with Crippen LogP contribution in [0.2, 0.25) is 0 Å². The Morgan fingerprint density at radius 3 is 2.74 bits per heavy atom. The molecule has 4 atom stereocenters. The van der Waals surface area contributed by atoms with Crippen LogP contribution in [-0.2, 0) is 23.7 Å². The van der Waals surface area contributed by atoms with E-state index in [1.165, 1.54) is 0 Å². The van der Waals surface area contributed by atoms with Crippen molar-refractivity contribution in [2.24, 2.45) is 0 Å². The van der Waals surface area contributed by atoms with Crippen LogP contribution in [-0.4, -0.2) is 50.2 Å². The molecule has 0 saturated carbocycles. The van der Waals surface area contributed by atoms with E-state index in [0.29, 0.717) is 26.2 Å². The highest BCUT2D eigenvalue weighted by molar-refractivity contribution is 4.95. The van der Waals surface area contributed by atoms with E-state index < -0.39 is 12.1 Å². The van der Waals surface area contributed by atoms with Crippen molar-refractivity contribution in [1.82, 2.24) is 0 Å². The lowest BCUT2D eigenvalue weighted by molar-refractivity contribution is -0.235. The Balaban J connectivity index is 1.75. The summed E-state index contributed by atoms with van der Waals surface area (Å²) in [5.74, 6) is -0.634. The molecule has 4 unspecified atom stereocenters. The van der Waals surface area contributed by atoms with Gasteiger partial charge in [0.2, 0.25) is 0 Å². The van der Waals surface area contributed by atoms with E-state index in [2.05, 4.69) is 12.6 Å². The maximum Gasteiger partial charge on any atom is 0.187 e. The number of hydrogen-bond acceptors (Lipinski definition) is 6. The molecule has 0 radical (unpaired) electrons. The minimum Gasteiger partial charge on any atom is -0.379 e. The molecule has 0 bridgehead atoms. The molecular weight excluding hydrogens is 298 g/mol. The van der Waals surface area contributed by atoms with E-state index in [-0.39, 0.29) is 18.3 Å². The second kappa shape index (κ2) is 8.76. The number of unbranched alkanes of at least 4 members (excludes halogenated alkanes) is 3. The van der Waals surface area contributed by atoms with E-state index >= 15 is 0 Å². The van der Waals surface area contributed by atoms with Crippen LogP contribution in [0, 0.1) is 11.3 Å². The topological polar surface area (TPSA) is 69.9 Å². The van der Waals surface area contributed by atoms with Gasteiger partial charge in [-0.05, 0) is 26.7 Å². The van der Waals surface area contributed by atoms with Crippen molar-refractivity contribution in [3.05, 3.63) is 12.7 Å². The van der Waals surface area contributed by atoms with Crippen LogP contribution in [0.5, 0.6) is 0 Å². The zero-order valence-electron chi connectivity index (χ0n) is 14.0. The fourth-order valence-electron chi connectivity index (χ4n) is 2.86. The molecule has 0 N–H and O–H groups in total. The molecule has 0 aliphatic carbocycles. The lowest BCUT2D eigenvalue weighted by atomic mass is 10.1. The van der Waals surface area contributed by atoms with Gasteiger partial charge in [0, 0.05) is 13.0 Å². The van der Waals surface area contributed by atoms with Gasteiger partial charge in [-0.15, -0.1) is 6.58 Å². The SMILES string of the molecule is C=CCOC1OC(COCCCCCC#N)C2OC(C)(C)OC12. The van der Waals surface area contributed by atoms with Gasteiger partial charge in [-0.2, -0.15) is 5.26 Å². The van der Waals surface area contributed by atoms with Crippen molar-refractivity contribution in [1.29, 1.82) is 5.26 Å². The van der Waals surface area contributed by atoms with Crippen LogP contribution in [0.1, 0.15) is 39.5 Å². The third-order valence-electron chi connectivity index (χ3n) is 3.84. The Morgan fingerprint density at radius 1 is 1.22 bits per heavy atom. The van der Waals surface area contributed by atoms with Crippen LogP contribution >= 0.6 is 0 Å². The highest BCUT2D eigenvalue weighted by atomic mass is 16.8. The monoisotopic (exact) mass is 325 g/mol. The van der Waals surface area contributed by atoms with Gasteiger partial charge in [-0.3, -0.25) is 0 Å². The maximum atomic E-state index is 8.49. The number of rotatable bonds is 10. The smallest absolute Gasteiger partial charge is 0.187 e. The summed E-state index contributed by atoms with van der Waals surface area (Å²) < 4.78 is 29.0. The number of nitriles is 1. The first-order chi connectivity index (χ1) is 11.1. The first-order valence-corrected chi connectivity index (χ1v) is 8.25. The zero-order valence-corrected chi connectivity index (χ0v) is 14.0. The minimum atomic E-state index is -0.634. The largest absolute Gasteiger partial charge is 0.379 e. The lowest BCUT2D eigenvalue weighted by Crippen LogP contribution is -2.33. The second-order valence-corrected chi connectivity index (χ2v) is 6.27. The molecule has 0 aromatic rings. The van der Waals surface area contributed by atoms with E-state index in [4.69, 9.17) is 28.9 Å². The van der Waals surface area contributed by atoms with Gasteiger partial charge < -0.3 is 23.7 Å². The summed E-state index contributed by atoms with van der Waals surface area (Å²) in [6.07, 6.45) is 4.09. The summed E-state index contributed by atoms with van der Waals surface area (Å²) in [4.78, 5) is 0. The molecule has 130 valence electrons. The molecular formula is C17H27NO5. The molecule has 2 saturated heterocycles. The summed E-state index contributed by atoms with van der Waals surface area (Å²) in [5, 5.41) is 8.49. The Hall–Kier alpha value is -0.970. The Kier molecular flexibility index (Phi) is 7.00. The minimum absolute atomic E-state index is 0.182. The summed E-state index contributed by atoms with van der Waals surface area (Å²) in [5.41, 5.74) is 0. The van der Waals surface area contributed by atoms with Gasteiger partial charge in [0.1, 0.15) is 18.3 Å². The quantitative estimate of drug-likeness (QED) is 0.454. The second-order valence-electron chi connectivity index (χ2n) is 6.27. The van der Waals surface area contributed by atoms with Gasteiger partial charge in [0.15, 0.2) is 12.1 Å². The molecule has 0 aromatic heterocycles. The van der Waals surface area contributed by atoms with Crippen molar-refractivity contribution in [3.63, 3.8) is 0 Å². The number of ether oxygens (including phenoxy) is 5. The standard InChI is InChI=1S/C17H27NO5/c1-4-10-20-16-15-14(22-17(2,3)23-15)13(21-16)12-19-11-8-6-5-7-9-18/h4,13-16H,1,5-8,10-12H2,2-3H3. The van der Waals surface area contributed by atoms with Crippen LogP contribution < -0.4 is 0 Å². The summed E-state index contributed by atoms with van der Waals surface area (Å²) in [6, 6.07) is 2.15. The number of fused-ring (bicyclic) bond motifs is 1. The highest BCUT2D eigenvalue weighted by Gasteiger charge is 2.55. The van der Waals surface area contributed by atoms with Gasteiger partial charge in [-0.25, -0.2) is 0 Å². The molecule has 23 heavy (non-hydrogen) atoms. The molecule has 6 nitrogen and oxygen atoms in total.